The molecule has 7 heteroatoms. The molecule has 0 spiro atoms. The number of hydrogen-bond acceptors (Lipinski definition) is 5. The minimum Gasteiger partial charge on any atom is -0.376 e. The van der Waals surface area contributed by atoms with Gasteiger partial charge in [0.2, 0.25) is 0 Å². The molecule has 0 radical (unpaired) electrons. The highest BCUT2D eigenvalue weighted by atomic mass is 32.1. The van der Waals surface area contributed by atoms with Gasteiger partial charge in [-0.25, -0.2) is 0 Å². The van der Waals surface area contributed by atoms with E-state index in [4.69, 9.17) is 9.47 Å². The lowest BCUT2D eigenvalue weighted by Gasteiger charge is -2.37. The summed E-state index contributed by atoms with van der Waals surface area (Å²) >= 11 is 1.80. The van der Waals surface area contributed by atoms with Crippen molar-refractivity contribution < 1.29 is 9.47 Å². The molecular formula is C22H32N4O2S. The predicted molar refractivity (Wildman–Crippen MR) is 120 cm³/mol. The lowest BCUT2D eigenvalue weighted by molar-refractivity contribution is -0.0334. The first-order valence-electron chi connectivity index (χ1n) is 10.2. The number of morpholine rings is 1. The summed E-state index contributed by atoms with van der Waals surface area (Å²) in [7, 11) is 1.80. The maximum atomic E-state index is 5.74. The van der Waals surface area contributed by atoms with Crippen molar-refractivity contribution in [2.24, 2.45) is 4.99 Å². The molecule has 2 unspecified atom stereocenters. The Kier molecular flexibility index (Phi) is 8.95. The van der Waals surface area contributed by atoms with Gasteiger partial charge in [-0.1, -0.05) is 36.4 Å². The van der Waals surface area contributed by atoms with Gasteiger partial charge in [-0.2, -0.15) is 0 Å². The maximum absolute atomic E-state index is 5.74. The summed E-state index contributed by atoms with van der Waals surface area (Å²) in [5.74, 6) is 0.802. The van der Waals surface area contributed by atoms with Crippen LogP contribution in [-0.2, 0) is 16.1 Å². The molecule has 2 aromatic rings. The fourth-order valence-electron chi connectivity index (χ4n) is 3.44. The van der Waals surface area contributed by atoms with Crippen LogP contribution in [0.2, 0.25) is 0 Å². The zero-order valence-corrected chi connectivity index (χ0v) is 18.2. The summed E-state index contributed by atoms with van der Waals surface area (Å²) in [6.07, 6.45) is 0.269. The fourth-order valence-corrected chi connectivity index (χ4v) is 4.30. The first kappa shape index (κ1) is 21.8. The third-order valence-corrected chi connectivity index (χ3v) is 5.90. The second kappa shape index (κ2) is 11.9. The Balaban J connectivity index is 1.43. The van der Waals surface area contributed by atoms with Crippen molar-refractivity contribution in [1.82, 2.24) is 15.5 Å². The largest absolute Gasteiger partial charge is 0.376 e. The van der Waals surface area contributed by atoms with E-state index >= 15 is 0 Å². The number of benzene rings is 1. The first-order valence-corrected chi connectivity index (χ1v) is 11.1. The molecular weight excluding hydrogens is 384 g/mol. The summed E-state index contributed by atoms with van der Waals surface area (Å²) in [4.78, 5) is 8.23. The molecule has 1 aromatic carbocycles. The van der Waals surface area contributed by atoms with E-state index in [9.17, 15) is 0 Å². The first-order chi connectivity index (χ1) is 14.3. The highest BCUT2D eigenvalue weighted by Crippen LogP contribution is 2.26. The standard InChI is InChI=1S/C22H32N4O2S/c1-18-16-26(11-13-28-18)20(21-9-6-14-29-21)15-25-22(23-2)24-10-12-27-17-19-7-4-3-5-8-19/h3-9,14,18,20H,10-13,15-17H2,1-2H3,(H2,23,24,25). The number of rotatable bonds is 9. The molecule has 0 saturated carbocycles. The summed E-state index contributed by atoms with van der Waals surface area (Å²) in [5.41, 5.74) is 1.19. The minimum absolute atomic E-state index is 0.269. The lowest BCUT2D eigenvalue weighted by Crippen LogP contribution is -2.48. The fraction of sp³-hybridized carbons (Fsp3) is 0.500. The Morgan fingerprint density at radius 2 is 2.14 bits per heavy atom. The number of ether oxygens (including phenoxy) is 2. The van der Waals surface area contributed by atoms with Crippen LogP contribution in [0.4, 0.5) is 0 Å². The van der Waals surface area contributed by atoms with Gasteiger partial charge in [-0.3, -0.25) is 9.89 Å². The van der Waals surface area contributed by atoms with Gasteiger partial charge in [0, 0.05) is 38.1 Å². The molecule has 29 heavy (non-hydrogen) atoms. The summed E-state index contributed by atoms with van der Waals surface area (Å²) in [6, 6.07) is 14.9. The molecule has 0 amide bonds. The second-order valence-corrected chi connectivity index (χ2v) is 8.10. The van der Waals surface area contributed by atoms with E-state index in [1.54, 1.807) is 18.4 Å². The monoisotopic (exact) mass is 416 g/mol. The summed E-state index contributed by atoms with van der Waals surface area (Å²) in [5, 5.41) is 8.97. The number of thiophene rings is 1. The van der Waals surface area contributed by atoms with Crippen LogP contribution in [0.3, 0.4) is 0 Å². The van der Waals surface area contributed by atoms with Gasteiger partial charge in [0.25, 0.3) is 0 Å². The van der Waals surface area contributed by atoms with Gasteiger partial charge in [-0.15, -0.1) is 11.3 Å². The van der Waals surface area contributed by atoms with Gasteiger partial charge in [0.1, 0.15) is 0 Å². The van der Waals surface area contributed by atoms with Crippen LogP contribution in [0.25, 0.3) is 0 Å². The van der Waals surface area contributed by atoms with Crippen LogP contribution in [0, 0.1) is 0 Å². The topological polar surface area (TPSA) is 58.1 Å². The number of nitrogens with zero attached hydrogens (tertiary/aromatic N) is 2. The molecule has 1 aliphatic rings. The van der Waals surface area contributed by atoms with Gasteiger partial charge >= 0.3 is 0 Å². The molecule has 1 aliphatic heterocycles. The lowest BCUT2D eigenvalue weighted by atomic mass is 10.1. The number of nitrogens with one attached hydrogen (secondary N) is 2. The highest BCUT2D eigenvalue weighted by Gasteiger charge is 2.26. The van der Waals surface area contributed by atoms with Crippen molar-refractivity contribution in [2.75, 3.05) is 46.4 Å². The quantitative estimate of drug-likeness (QED) is 0.374. The maximum Gasteiger partial charge on any atom is 0.191 e. The van der Waals surface area contributed by atoms with Gasteiger partial charge < -0.3 is 20.1 Å². The normalized spacial score (nSPS) is 19.1. The van der Waals surface area contributed by atoms with Crippen LogP contribution < -0.4 is 10.6 Å². The molecule has 0 bridgehead atoms. The Morgan fingerprint density at radius 3 is 2.86 bits per heavy atom. The van der Waals surface area contributed by atoms with E-state index in [-0.39, 0.29) is 6.10 Å². The van der Waals surface area contributed by atoms with E-state index in [1.807, 2.05) is 18.2 Å². The van der Waals surface area contributed by atoms with E-state index in [1.165, 1.54) is 10.4 Å². The molecule has 3 rings (SSSR count). The van der Waals surface area contributed by atoms with E-state index in [0.29, 0.717) is 25.8 Å². The molecule has 2 heterocycles. The smallest absolute Gasteiger partial charge is 0.191 e. The molecule has 158 valence electrons. The molecule has 1 saturated heterocycles. The Bertz CT molecular complexity index is 724. The van der Waals surface area contributed by atoms with Crippen molar-refractivity contribution in [3.05, 3.63) is 58.3 Å². The average Bonchev–Trinajstić information content (AvgIpc) is 3.27. The molecule has 0 aliphatic carbocycles. The molecule has 2 atom stereocenters. The van der Waals surface area contributed by atoms with Crippen LogP contribution in [0.5, 0.6) is 0 Å². The second-order valence-electron chi connectivity index (χ2n) is 7.13. The molecule has 1 aromatic heterocycles. The number of hydrogen-bond donors (Lipinski definition) is 2. The predicted octanol–water partition coefficient (Wildman–Crippen LogP) is 2.89. The highest BCUT2D eigenvalue weighted by molar-refractivity contribution is 7.10. The zero-order chi connectivity index (χ0) is 20.3. The summed E-state index contributed by atoms with van der Waals surface area (Å²) < 4.78 is 11.5. The van der Waals surface area contributed by atoms with Crippen LogP contribution >= 0.6 is 11.3 Å². The van der Waals surface area contributed by atoms with E-state index in [2.05, 4.69) is 57.1 Å². The number of aliphatic imine (C=N–C) groups is 1. The third-order valence-electron chi connectivity index (χ3n) is 4.92. The van der Waals surface area contributed by atoms with Crippen LogP contribution in [0.1, 0.15) is 23.4 Å². The Morgan fingerprint density at radius 1 is 1.28 bits per heavy atom. The molecule has 1 fully saturated rings. The summed E-state index contributed by atoms with van der Waals surface area (Å²) in [6.45, 7) is 7.60. The van der Waals surface area contributed by atoms with Gasteiger partial charge in [-0.05, 0) is 23.9 Å². The minimum atomic E-state index is 0.269. The van der Waals surface area contributed by atoms with Gasteiger partial charge in [0.05, 0.1) is 32.0 Å². The van der Waals surface area contributed by atoms with Crippen LogP contribution in [-0.4, -0.2) is 63.4 Å². The average molecular weight is 417 g/mol. The van der Waals surface area contributed by atoms with Crippen molar-refractivity contribution in [3.8, 4) is 0 Å². The van der Waals surface area contributed by atoms with E-state index < -0.39 is 0 Å². The number of guanidine groups is 1. The Hall–Kier alpha value is -1.93. The van der Waals surface area contributed by atoms with Crippen molar-refractivity contribution in [3.63, 3.8) is 0 Å². The SMILES string of the molecule is CN=C(NCCOCc1ccccc1)NCC(c1cccs1)N1CCOC(C)C1. The van der Waals surface area contributed by atoms with Crippen molar-refractivity contribution >= 4 is 17.3 Å². The molecule has 6 nitrogen and oxygen atoms in total. The van der Waals surface area contributed by atoms with Crippen LogP contribution in [0.15, 0.2) is 52.8 Å². The van der Waals surface area contributed by atoms with Crippen molar-refractivity contribution in [1.29, 1.82) is 0 Å². The zero-order valence-electron chi connectivity index (χ0n) is 17.3. The van der Waals surface area contributed by atoms with Gasteiger partial charge in [0.15, 0.2) is 5.96 Å². The third kappa shape index (κ3) is 7.12. The molecule has 2 N–H and O–H groups in total. The van der Waals surface area contributed by atoms with Crippen molar-refractivity contribution in [2.45, 2.75) is 25.7 Å². The van der Waals surface area contributed by atoms with E-state index in [0.717, 1.165) is 32.2 Å². The Labute approximate surface area is 177 Å².